The molecule has 0 unspecified atom stereocenters. The number of nitrogens with one attached hydrogen (secondary N) is 2. The van der Waals surface area contributed by atoms with Gasteiger partial charge < -0.3 is 10.3 Å². The summed E-state index contributed by atoms with van der Waals surface area (Å²) in [7, 11) is 0. The van der Waals surface area contributed by atoms with Gasteiger partial charge in [0.2, 0.25) is 0 Å². The van der Waals surface area contributed by atoms with Crippen molar-refractivity contribution in [1.82, 2.24) is 15.3 Å². The first-order valence-electron chi connectivity index (χ1n) is 10.8. The molecule has 168 valence electrons. The van der Waals surface area contributed by atoms with Gasteiger partial charge in [0.25, 0.3) is 0 Å². The lowest BCUT2D eigenvalue weighted by Crippen LogP contribution is -2.17. The molecule has 0 fully saturated rings. The van der Waals surface area contributed by atoms with Crippen LogP contribution in [0.3, 0.4) is 0 Å². The van der Waals surface area contributed by atoms with Crippen molar-refractivity contribution >= 4 is 11.0 Å². The maximum absolute atomic E-state index is 14.9. The smallest absolute Gasteiger partial charge is 0.137 e. The molecular weight excluding hydrogens is 404 g/mol. The van der Waals surface area contributed by atoms with Gasteiger partial charge in [-0.05, 0) is 75.1 Å². The number of aromatic nitrogens is 2. The Labute approximate surface area is 189 Å². The fourth-order valence-corrected chi connectivity index (χ4v) is 3.43. The van der Waals surface area contributed by atoms with Crippen LogP contribution in [0.2, 0.25) is 0 Å². The number of rotatable bonds is 8. The van der Waals surface area contributed by atoms with Crippen molar-refractivity contribution in [3.63, 3.8) is 0 Å². The van der Waals surface area contributed by atoms with Crippen LogP contribution in [0.1, 0.15) is 45.4 Å². The van der Waals surface area contributed by atoms with E-state index in [-0.39, 0.29) is 5.82 Å². The lowest BCUT2D eigenvalue weighted by Gasteiger charge is -2.17. The van der Waals surface area contributed by atoms with E-state index in [1.165, 1.54) is 19.9 Å². The standard InChI is InChI=1S/C27H31F2N3/c1-7-8-24(11-17(2)27(5,6)29)31-18(3)12-21-10-9-20(15-25(21)28)23-14-22-13-19(4)32-26(22)30-16-23/h8-11,13-16,31H,3,7,12H2,1-2,4-6H3,(H,30,32)/b17-11+,24-8+. The molecule has 0 spiro atoms. The third kappa shape index (κ3) is 5.72. The van der Waals surface area contributed by atoms with Crippen molar-refractivity contribution in [2.45, 2.75) is 53.1 Å². The second-order valence-electron chi connectivity index (χ2n) is 8.69. The molecule has 2 heterocycles. The fourth-order valence-electron chi connectivity index (χ4n) is 3.43. The zero-order valence-electron chi connectivity index (χ0n) is 19.4. The number of pyridine rings is 1. The summed E-state index contributed by atoms with van der Waals surface area (Å²) in [6.07, 6.45) is 6.60. The summed E-state index contributed by atoms with van der Waals surface area (Å²) in [5.74, 6) is -0.298. The molecule has 5 heteroatoms. The van der Waals surface area contributed by atoms with Crippen molar-refractivity contribution in [2.75, 3.05) is 0 Å². The number of aryl methyl sites for hydroxylation is 1. The van der Waals surface area contributed by atoms with E-state index < -0.39 is 5.67 Å². The highest BCUT2D eigenvalue weighted by Crippen LogP contribution is 2.26. The Hall–Kier alpha value is -3.21. The predicted molar refractivity (Wildman–Crippen MR) is 130 cm³/mol. The summed E-state index contributed by atoms with van der Waals surface area (Å²) in [6.45, 7) is 12.8. The van der Waals surface area contributed by atoms with E-state index in [0.717, 1.165) is 40.0 Å². The molecule has 0 saturated heterocycles. The first-order valence-corrected chi connectivity index (χ1v) is 10.8. The molecule has 3 rings (SSSR count). The second kappa shape index (κ2) is 9.51. The summed E-state index contributed by atoms with van der Waals surface area (Å²) in [4.78, 5) is 7.62. The molecule has 32 heavy (non-hydrogen) atoms. The van der Waals surface area contributed by atoms with E-state index in [1.807, 2.05) is 38.1 Å². The highest BCUT2D eigenvalue weighted by molar-refractivity contribution is 5.82. The Bertz CT molecular complexity index is 1190. The minimum absolute atomic E-state index is 0.298. The van der Waals surface area contributed by atoms with Crippen LogP contribution in [0, 0.1) is 12.7 Å². The number of benzene rings is 1. The Balaban J connectivity index is 1.75. The van der Waals surface area contributed by atoms with Crippen LogP contribution >= 0.6 is 0 Å². The first kappa shape index (κ1) is 23.5. The summed E-state index contributed by atoms with van der Waals surface area (Å²) < 4.78 is 29.1. The second-order valence-corrected chi connectivity index (χ2v) is 8.69. The van der Waals surface area contributed by atoms with Crippen LogP contribution in [0.4, 0.5) is 8.78 Å². The molecule has 0 aliphatic carbocycles. The molecule has 0 radical (unpaired) electrons. The highest BCUT2D eigenvalue weighted by atomic mass is 19.1. The van der Waals surface area contributed by atoms with E-state index in [0.29, 0.717) is 23.3 Å². The Morgan fingerprint density at radius 2 is 1.97 bits per heavy atom. The first-order chi connectivity index (χ1) is 15.1. The van der Waals surface area contributed by atoms with Crippen LogP contribution in [0.15, 0.2) is 72.2 Å². The van der Waals surface area contributed by atoms with Gasteiger partial charge in [0.1, 0.15) is 17.1 Å². The average Bonchev–Trinajstić information content (AvgIpc) is 3.08. The monoisotopic (exact) mass is 435 g/mol. The number of halogens is 2. The van der Waals surface area contributed by atoms with Crippen molar-refractivity contribution in [3.05, 3.63) is 89.3 Å². The molecule has 2 N–H and O–H groups in total. The van der Waals surface area contributed by atoms with Crippen LogP contribution in [-0.2, 0) is 6.42 Å². The molecule has 0 amide bonds. The van der Waals surface area contributed by atoms with Crippen molar-refractivity contribution in [2.24, 2.45) is 0 Å². The van der Waals surface area contributed by atoms with Crippen molar-refractivity contribution in [3.8, 4) is 11.1 Å². The Kier molecular flexibility index (Phi) is 6.97. The highest BCUT2D eigenvalue weighted by Gasteiger charge is 2.18. The zero-order chi connectivity index (χ0) is 23.5. The minimum Gasteiger partial charge on any atom is -0.359 e. The van der Waals surface area contributed by atoms with Gasteiger partial charge in [-0.25, -0.2) is 13.8 Å². The number of hydrogen-bond acceptors (Lipinski definition) is 2. The summed E-state index contributed by atoms with van der Waals surface area (Å²) in [6, 6.07) is 9.23. The molecule has 0 saturated carbocycles. The third-order valence-electron chi connectivity index (χ3n) is 5.45. The largest absolute Gasteiger partial charge is 0.359 e. The lowest BCUT2D eigenvalue weighted by atomic mass is 10.00. The van der Waals surface area contributed by atoms with Gasteiger partial charge in [-0.2, -0.15) is 0 Å². The Morgan fingerprint density at radius 3 is 2.62 bits per heavy atom. The van der Waals surface area contributed by atoms with Crippen molar-refractivity contribution < 1.29 is 8.78 Å². The van der Waals surface area contributed by atoms with Crippen LogP contribution in [0.5, 0.6) is 0 Å². The van der Waals surface area contributed by atoms with E-state index in [9.17, 15) is 8.78 Å². The molecule has 0 aliphatic rings. The number of alkyl halides is 1. The van der Waals surface area contributed by atoms with Gasteiger partial charge in [-0.15, -0.1) is 0 Å². The number of nitrogens with zero attached hydrogens (tertiary/aromatic N) is 1. The summed E-state index contributed by atoms with van der Waals surface area (Å²) >= 11 is 0. The summed E-state index contributed by atoms with van der Waals surface area (Å²) in [5.41, 5.74) is 4.64. The number of hydrogen-bond donors (Lipinski definition) is 2. The normalized spacial score (nSPS) is 13.0. The molecule has 1 aromatic carbocycles. The van der Waals surface area contributed by atoms with Crippen molar-refractivity contribution in [1.29, 1.82) is 0 Å². The number of H-pyrrole nitrogens is 1. The van der Waals surface area contributed by atoms with Gasteiger partial charge in [0.05, 0.1) is 0 Å². The molecule has 3 aromatic rings. The third-order valence-corrected chi connectivity index (χ3v) is 5.45. The molecule has 0 aliphatic heterocycles. The van der Waals surface area contributed by atoms with Gasteiger partial charge >= 0.3 is 0 Å². The molecule has 2 aromatic heterocycles. The van der Waals surface area contributed by atoms with Crippen LogP contribution in [0.25, 0.3) is 22.2 Å². The zero-order valence-corrected chi connectivity index (χ0v) is 19.4. The molecule has 0 bridgehead atoms. The van der Waals surface area contributed by atoms with Gasteiger partial charge in [0, 0.05) is 40.7 Å². The number of allylic oxidation sites excluding steroid dienone is 4. The molecule has 0 atom stereocenters. The number of fused-ring (bicyclic) bond motifs is 1. The Morgan fingerprint density at radius 1 is 1.22 bits per heavy atom. The maximum atomic E-state index is 14.9. The fraction of sp³-hybridized carbons (Fsp3) is 0.296. The van der Waals surface area contributed by atoms with Crippen LogP contribution < -0.4 is 5.32 Å². The van der Waals surface area contributed by atoms with Crippen LogP contribution in [-0.4, -0.2) is 15.6 Å². The SMILES string of the molecule is C=C(Cc1ccc(-c2cnc3[nH]c(C)cc3c2)cc1F)NC(=C/CC)/C=C(\C)C(C)(C)F. The van der Waals surface area contributed by atoms with Gasteiger partial charge in [-0.1, -0.05) is 31.7 Å². The van der Waals surface area contributed by atoms with Gasteiger partial charge in [0.15, 0.2) is 0 Å². The maximum Gasteiger partial charge on any atom is 0.137 e. The van der Waals surface area contributed by atoms with Gasteiger partial charge in [-0.3, -0.25) is 0 Å². The summed E-state index contributed by atoms with van der Waals surface area (Å²) in [5, 5.41) is 4.21. The number of aromatic amines is 1. The van der Waals surface area contributed by atoms with E-state index in [1.54, 1.807) is 25.3 Å². The van der Waals surface area contributed by atoms with E-state index >= 15 is 0 Å². The average molecular weight is 436 g/mol. The predicted octanol–water partition coefficient (Wildman–Crippen LogP) is 7.31. The topological polar surface area (TPSA) is 40.7 Å². The lowest BCUT2D eigenvalue weighted by molar-refractivity contribution is 0.268. The quantitative estimate of drug-likeness (QED) is 0.364. The van der Waals surface area contributed by atoms with E-state index in [2.05, 4.69) is 21.9 Å². The molecule has 3 nitrogen and oxygen atoms in total. The minimum atomic E-state index is -1.41. The van der Waals surface area contributed by atoms with E-state index in [4.69, 9.17) is 0 Å². The molecular formula is C27H31F2N3.